The molecule has 0 bridgehead atoms. The summed E-state index contributed by atoms with van der Waals surface area (Å²) < 4.78 is 0. The smallest absolute Gasteiger partial charge is 0.258 e. The first-order chi connectivity index (χ1) is 12.0. The van der Waals surface area contributed by atoms with Crippen LogP contribution >= 0.6 is 0 Å². The van der Waals surface area contributed by atoms with Gasteiger partial charge in [-0.1, -0.05) is 26.0 Å². The van der Waals surface area contributed by atoms with Crippen molar-refractivity contribution in [2.45, 2.75) is 19.8 Å². The molecule has 1 N–H and O–H groups in total. The van der Waals surface area contributed by atoms with Crippen molar-refractivity contribution in [3.05, 3.63) is 47.8 Å². The zero-order chi connectivity index (χ0) is 17.8. The van der Waals surface area contributed by atoms with E-state index in [1.807, 2.05) is 24.3 Å². The van der Waals surface area contributed by atoms with E-state index in [1.165, 1.54) is 5.56 Å². The number of anilines is 2. The summed E-state index contributed by atoms with van der Waals surface area (Å²) in [4.78, 5) is 25.5. The molecule has 1 amide bonds. The van der Waals surface area contributed by atoms with E-state index in [9.17, 15) is 4.79 Å². The highest BCUT2D eigenvalue weighted by atomic mass is 16.1. The lowest BCUT2D eigenvalue weighted by molar-refractivity contribution is 0.102. The van der Waals surface area contributed by atoms with Crippen molar-refractivity contribution < 1.29 is 4.79 Å². The van der Waals surface area contributed by atoms with Crippen molar-refractivity contribution in [3.63, 3.8) is 0 Å². The number of hydrogen-bond donors (Lipinski definition) is 1. The molecule has 3 rings (SSSR count). The molecule has 0 spiro atoms. The predicted octanol–water partition coefficient (Wildman–Crippen LogP) is 2.60. The van der Waals surface area contributed by atoms with Crippen LogP contribution in [0.5, 0.6) is 0 Å². The molecular formula is C19H25N5O. The largest absolute Gasteiger partial charge is 0.338 e. The first-order valence-electron chi connectivity index (χ1n) is 8.70. The minimum absolute atomic E-state index is 0.192. The number of amides is 1. The summed E-state index contributed by atoms with van der Waals surface area (Å²) in [6.45, 7) is 8.10. The van der Waals surface area contributed by atoms with E-state index in [-0.39, 0.29) is 5.91 Å². The summed E-state index contributed by atoms with van der Waals surface area (Å²) in [5.41, 5.74) is 2.49. The average Bonchev–Trinajstić information content (AvgIpc) is 2.63. The Morgan fingerprint density at radius 3 is 2.20 bits per heavy atom. The molecule has 25 heavy (non-hydrogen) atoms. The zero-order valence-corrected chi connectivity index (χ0v) is 15.1. The number of nitrogens with one attached hydrogen (secondary N) is 1. The van der Waals surface area contributed by atoms with Crippen LogP contribution < -0.4 is 10.2 Å². The van der Waals surface area contributed by atoms with Crippen LogP contribution in [0.4, 0.5) is 11.6 Å². The van der Waals surface area contributed by atoms with Crippen molar-refractivity contribution >= 4 is 17.5 Å². The van der Waals surface area contributed by atoms with Gasteiger partial charge in [-0.3, -0.25) is 4.79 Å². The third kappa shape index (κ3) is 4.33. The Labute approximate surface area is 148 Å². The van der Waals surface area contributed by atoms with Gasteiger partial charge in [-0.15, -0.1) is 0 Å². The summed E-state index contributed by atoms with van der Waals surface area (Å²) in [5, 5.41) is 2.89. The lowest BCUT2D eigenvalue weighted by Crippen LogP contribution is -2.45. The molecular weight excluding hydrogens is 314 g/mol. The van der Waals surface area contributed by atoms with Gasteiger partial charge in [0.05, 0.1) is 5.56 Å². The molecule has 0 atom stereocenters. The second kappa shape index (κ2) is 7.61. The molecule has 1 aliphatic heterocycles. The lowest BCUT2D eigenvalue weighted by atomic mass is 10.0. The van der Waals surface area contributed by atoms with Gasteiger partial charge in [-0.25, -0.2) is 9.97 Å². The van der Waals surface area contributed by atoms with Gasteiger partial charge < -0.3 is 15.1 Å². The van der Waals surface area contributed by atoms with Crippen LogP contribution in [-0.4, -0.2) is 54.0 Å². The Morgan fingerprint density at radius 1 is 1.04 bits per heavy atom. The van der Waals surface area contributed by atoms with Gasteiger partial charge >= 0.3 is 0 Å². The first kappa shape index (κ1) is 17.4. The number of benzene rings is 1. The SMILES string of the molecule is CC(C)c1ccc(NC(=O)c2cnc(N3CCN(C)CC3)nc2)cc1. The number of hydrogen-bond acceptors (Lipinski definition) is 5. The number of rotatable bonds is 4. The van der Waals surface area contributed by atoms with Gasteiger partial charge in [0, 0.05) is 44.3 Å². The minimum Gasteiger partial charge on any atom is -0.338 e. The lowest BCUT2D eigenvalue weighted by Gasteiger charge is -2.32. The van der Waals surface area contributed by atoms with Crippen LogP contribution in [0.25, 0.3) is 0 Å². The van der Waals surface area contributed by atoms with Crippen LogP contribution in [0.2, 0.25) is 0 Å². The molecule has 1 fully saturated rings. The third-order valence-corrected chi connectivity index (χ3v) is 4.52. The maximum atomic E-state index is 12.4. The molecule has 2 aromatic rings. The highest BCUT2D eigenvalue weighted by Crippen LogP contribution is 2.18. The van der Waals surface area contributed by atoms with E-state index in [1.54, 1.807) is 12.4 Å². The Bertz CT molecular complexity index is 704. The van der Waals surface area contributed by atoms with Crippen molar-refractivity contribution in [2.24, 2.45) is 0 Å². The number of carbonyl (C=O) groups excluding carboxylic acids is 1. The molecule has 6 heteroatoms. The minimum atomic E-state index is -0.192. The van der Waals surface area contributed by atoms with Crippen LogP contribution in [0, 0.1) is 0 Å². The van der Waals surface area contributed by atoms with Crippen LogP contribution in [0.1, 0.15) is 35.7 Å². The maximum absolute atomic E-state index is 12.4. The number of piperazine rings is 1. The van der Waals surface area contributed by atoms with Crippen LogP contribution in [-0.2, 0) is 0 Å². The van der Waals surface area contributed by atoms with Gasteiger partial charge in [0.25, 0.3) is 5.91 Å². The number of carbonyl (C=O) groups is 1. The van der Waals surface area contributed by atoms with Crippen molar-refractivity contribution in [3.8, 4) is 0 Å². The Morgan fingerprint density at radius 2 is 1.64 bits per heavy atom. The summed E-state index contributed by atoms with van der Waals surface area (Å²) in [7, 11) is 2.11. The summed E-state index contributed by atoms with van der Waals surface area (Å²) in [6.07, 6.45) is 3.19. The van der Waals surface area contributed by atoms with Crippen LogP contribution in [0.15, 0.2) is 36.7 Å². The quantitative estimate of drug-likeness (QED) is 0.928. The standard InChI is InChI=1S/C19H25N5O/c1-14(2)15-4-6-17(7-5-15)22-18(25)16-12-20-19(21-13-16)24-10-8-23(3)9-11-24/h4-7,12-14H,8-11H2,1-3H3,(H,22,25). The molecule has 1 saturated heterocycles. The zero-order valence-electron chi connectivity index (χ0n) is 15.1. The van der Waals surface area contributed by atoms with E-state index >= 15 is 0 Å². The number of nitrogens with zero attached hydrogens (tertiary/aromatic N) is 4. The van der Waals surface area contributed by atoms with E-state index < -0.39 is 0 Å². The Kier molecular flexibility index (Phi) is 5.28. The highest BCUT2D eigenvalue weighted by molar-refractivity contribution is 6.03. The molecule has 6 nitrogen and oxygen atoms in total. The maximum Gasteiger partial charge on any atom is 0.258 e. The highest BCUT2D eigenvalue weighted by Gasteiger charge is 2.17. The van der Waals surface area contributed by atoms with Crippen molar-refractivity contribution in [2.75, 3.05) is 43.4 Å². The molecule has 0 radical (unpaired) electrons. The van der Waals surface area contributed by atoms with Gasteiger partial charge in [-0.05, 0) is 30.7 Å². The Balaban J connectivity index is 1.62. The number of aromatic nitrogens is 2. The summed E-state index contributed by atoms with van der Waals surface area (Å²) >= 11 is 0. The van der Waals surface area contributed by atoms with Gasteiger partial charge in [0.2, 0.25) is 5.95 Å². The second-order valence-electron chi connectivity index (χ2n) is 6.79. The van der Waals surface area contributed by atoms with Crippen LogP contribution in [0.3, 0.4) is 0 Å². The molecule has 0 aliphatic carbocycles. The fourth-order valence-electron chi connectivity index (χ4n) is 2.76. The number of likely N-dealkylation sites (N-methyl/N-ethyl adjacent to an activating group) is 1. The van der Waals surface area contributed by atoms with Gasteiger partial charge in [-0.2, -0.15) is 0 Å². The van der Waals surface area contributed by atoms with E-state index in [2.05, 4.69) is 46.0 Å². The van der Waals surface area contributed by atoms with E-state index in [0.717, 1.165) is 31.9 Å². The first-order valence-corrected chi connectivity index (χ1v) is 8.70. The molecule has 0 saturated carbocycles. The molecule has 2 heterocycles. The molecule has 0 unspecified atom stereocenters. The summed E-state index contributed by atoms with van der Waals surface area (Å²) in [6, 6.07) is 7.92. The van der Waals surface area contributed by atoms with E-state index in [4.69, 9.17) is 0 Å². The van der Waals surface area contributed by atoms with E-state index in [0.29, 0.717) is 17.4 Å². The molecule has 1 aliphatic rings. The average molecular weight is 339 g/mol. The monoisotopic (exact) mass is 339 g/mol. The van der Waals surface area contributed by atoms with Crippen molar-refractivity contribution in [1.82, 2.24) is 14.9 Å². The van der Waals surface area contributed by atoms with Crippen molar-refractivity contribution in [1.29, 1.82) is 0 Å². The fourth-order valence-corrected chi connectivity index (χ4v) is 2.76. The normalized spacial score (nSPS) is 15.4. The van der Waals surface area contributed by atoms with Gasteiger partial charge in [0.15, 0.2) is 0 Å². The topological polar surface area (TPSA) is 61.4 Å². The van der Waals surface area contributed by atoms with Gasteiger partial charge in [0.1, 0.15) is 0 Å². The fraction of sp³-hybridized carbons (Fsp3) is 0.421. The molecule has 132 valence electrons. The molecule has 1 aromatic heterocycles. The summed E-state index contributed by atoms with van der Waals surface area (Å²) in [5.74, 6) is 0.966. The Hall–Kier alpha value is -2.47. The third-order valence-electron chi connectivity index (χ3n) is 4.52. The second-order valence-corrected chi connectivity index (χ2v) is 6.79. The molecule has 1 aromatic carbocycles. The predicted molar refractivity (Wildman–Crippen MR) is 100 cm³/mol.